The molecule has 0 aliphatic carbocycles. The van der Waals surface area contributed by atoms with E-state index in [1.807, 2.05) is 34.9 Å². The molecule has 2 N–H and O–H groups in total. The first-order valence-electron chi connectivity index (χ1n) is 20.2. The zero-order valence-corrected chi connectivity index (χ0v) is 36.0. The first-order chi connectivity index (χ1) is 27.3. The number of aliphatic hydroxyl groups excluding tert-OH is 1. The predicted octanol–water partition coefficient (Wildman–Crippen LogP) is 4.96. The fraction of sp³-hybridized carbons (Fsp3) is 0.667. The van der Waals surface area contributed by atoms with Crippen LogP contribution < -0.4 is 5.32 Å². The van der Waals surface area contributed by atoms with Gasteiger partial charge in [0, 0.05) is 61.3 Å². The van der Waals surface area contributed by atoms with Crippen LogP contribution in [-0.4, -0.2) is 116 Å². The van der Waals surface area contributed by atoms with E-state index in [2.05, 4.69) is 25.2 Å². The molecule has 2 aromatic rings. The van der Waals surface area contributed by atoms with Crippen LogP contribution in [-0.2, 0) is 38.1 Å². The van der Waals surface area contributed by atoms with Gasteiger partial charge in [-0.2, -0.15) is 0 Å². The van der Waals surface area contributed by atoms with Gasteiger partial charge in [0.1, 0.15) is 41.6 Å². The number of cyclic esters (lactones) is 1. The van der Waals surface area contributed by atoms with Gasteiger partial charge in [0.15, 0.2) is 6.29 Å². The smallest absolute Gasteiger partial charge is 0.407 e. The van der Waals surface area contributed by atoms with Gasteiger partial charge in [0.25, 0.3) is 0 Å². The zero-order valence-electron chi connectivity index (χ0n) is 36.0. The summed E-state index contributed by atoms with van der Waals surface area (Å²) in [6.07, 6.45) is 10.9. The van der Waals surface area contributed by atoms with E-state index in [1.54, 1.807) is 82.3 Å². The number of alkyl carbamates (subject to hydrolysis) is 1. The Labute approximate surface area is 342 Å². The largest absolute Gasteiger partial charge is 0.461 e. The number of aromatic nitrogens is 4. The monoisotopic (exact) mass is 812 g/mol. The van der Waals surface area contributed by atoms with Crippen molar-refractivity contribution in [3.63, 3.8) is 0 Å². The first-order valence-corrected chi connectivity index (χ1v) is 20.2. The van der Waals surface area contributed by atoms with Gasteiger partial charge in [-0.05, 0) is 73.2 Å². The minimum atomic E-state index is -1.23. The molecule has 0 saturated carbocycles. The highest BCUT2D eigenvalue weighted by Crippen LogP contribution is 2.41. The molecule has 16 nitrogen and oxygen atoms in total. The quantitative estimate of drug-likeness (QED) is 0.225. The molecule has 1 amide bonds. The van der Waals surface area contributed by atoms with E-state index < -0.39 is 65.1 Å². The number of ketones is 2. The number of carbonyl (C=O) groups is 5. The molecule has 6 unspecified atom stereocenters. The molecule has 0 bridgehead atoms. The summed E-state index contributed by atoms with van der Waals surface area (Å²) in [4.78, 5) is 79.8. The minimum absolute atomic E-state index is 0.00314. The summed E-state index contributed by atoms with van der Waals surface area (Å²) < 4.78 is 23.8. The third-order valence-corrected chi connectivity index (χ3v) is 10.9. The van der Waals surface area contributed by atoms with E-state index in [4.69, 9.17) is 18.9 Å². The molecule has 2 aromatic heterocycles. The van der Waals surface area contributed by atoms with Crippen LogP contribution in [0.25, 0.3) is 12.0 Å². The Balaban J connectivity index is 0.000000592. The highest BCUT2D eigenvalue weighted by atomic mass is 16.6. The second kappa shape index (κ2) is 21.5. The molecular weight excluding hydrogens is 748 g/mol. The van der Waals surface area contributed by atoms with Crippen molar-refractivity contribution in [2.45, 2.75) is 124 Å². The summed E-state index contributed by atoms with van der Waals surface area (Å²) in [5.74, 6) is -4.76. The van der Waals surface area contributed by atoms with Crippen molar-refractivity contribution in [1.82, 2.24) is 29.7 Å². The van der Waals surface area contributed by atoms with Gasteiger partial charge in [0.2, 0.25) is 5.95 Å². The van der Waals surface area contributed by atoms with Crippen molar-refractivity contribution >= 4 is 35.7 Å². The average Bonchev–Trinajstić information content (AvgIpc) is 3.78. The van der Waals surface area contributed by atoms with Gasteiger partial charge >= 0.3 is 18.0 Å². The molecule has 0 aromatic carbocycles. The normalized spacial score (nSPS) is 32.1. The van der Waals surface area contributed by atoms with E-state index in [0.717, 1.165) is 12.8 Å². The summed E-state index contributed by atoms with van der Waals surface area (Å²) in [6.45, 7) is 15.8. The summed E-state index contributed by atoms with van der Waals surface area (Å²) in [5, 5.41) is 11.9. The number of nitrogens with zero attached hydrogens (tertiary/aromatic N) is 5. The number of rotatable bonds is 6. The predicted molar refractivity (Wildman–Crippen MR) is 215 cm³/mol. The Kier molecular flexibility index (Phi) is 17.7. The van der Waals surface area contributed by atoms with Gasteiger partial charge < -0.3 is 34.3 Å². The van der Waals surface area contributed by atoms with E-state index in [0.29, 0.717) is 17.7 Å². The molecule has 322 valence electrons. The molecule has 0 radical (unpaired) electrons. The maximum Gasteiger partial charge on any atom is 0.407 e. The topological polar surface area (TPSA) is 201 Å². The molecule has 3 fully saturated rings. The Hall–Kier alpha value is -4.54. The zero-order chi connectivity index (χ0) is 43.4. The lowest BCUT2D eigenvalue weighted by Gasteiger charge is -2.37. The van der Waals surface area contributed by atoms with Crippen LogP contribution in [0.3, 0.4) is 0 Å². The lowest BCUT2D eigenvalue weighted by molar-refractivity contribution is -0.172. The summed E-state index contributed by atoms with van der Waals surface area (Å²) in [5.41, 5.74) is -1.81. The van der Waals surface area contributed by atoms with Crippen molar-refractivity contribution in [2.75, 3.05) is 27.2 Å². The van der Waals surface area contributed by atoms with E-state index in [1.165, 1.54) is 6.92 Å². The van der Waals surface area contributed by atoms with Gasteiger partial charge in [-0.1, -0.05) is 40.7 Å². The molecule has 5 heterocycles. The number of aliphatic hydroxyl groups is 1. The minimum Gasteiger partial charge on any atom is -0.461 e. The molecule has 5 rings (SSSR count). The van der Waals surface area contributed by atoms with Crippen LogP contribution in [0.15, 0.2) is 37.1 Å². The second-order valence-electron chi connectivity index (χ2n) is 16.1. The highest BCUT2D eigenvalue weighted by Gasteiger charge is 2.52. The lowest BCUT2D eigenvalue weighted by atomic mass is 9.73. The summed E-state index contributed by atoms with van der Waals surface area (Å²) >= 11 is 0. The Morgan fingerprint density at radius 1 is 1.00 bits per heavy atom. The number of nitrogens with one attached hydrogen (secondary N) is 1. The SMILES string of the molecule is CC.CC1C(=O)OC[C@@]2(C)OC(=O)CC2C(C)C(=O)[C@H](C)C[C@@](C)(OC(=O)NC/C=C/c2cn(-c3ncccn3)cn2)C[C@@H](C)C1=O.CC1CC(N(C)C)CC(O)O1. The summed E-state index contributed by atoms with van der Waals surface area (Å²) in [6, 6.07) is 2.18. The maximum atomic E-state index is 13.7. The van der Waals surface area contributed by atoms with Crippen LogP contribution in [0.1, 0.15) is 100 Å². The Morgan fingerprint density at radius 2 is 1.64 bits per heavy atom. The second-order valence-corrected chi connectivity index (χ2v) is 16.1. The fourth-order valence-electron chi connectivity index (χ4n) is 7.86. The molecule has 3 aliphatic heterocycles. The first kappa shape index (κ1) is 47.8. The standard InChI is InChI=1S/C32H41N5O8.C8H17NO2.C2H6/c1-19-14-31(5,45-30(42)35-10-7-9-23-16-37(18-36-23)29-33-11-8-12-34-29)15-20(2)27(40)22(4)28(41)43-17-32(6)24(13-25(38)44-32)21(3)26(19)39;1-6-4-7(9(2)3)5-8(10)11-6;1-2/h7-9,11-12,16,18-22,24H,10,13-15,17H2,1-6H3,(H,35,42);6-8,10H,4-5H2,1-3H3;1-2H3/b9-7+;;/t19-,20-,21?,22?,24?,31-,32-;;/m1../s1. The van der Waals surface area contributed by atoms with Gasteiger partial charge in [-0.15, -0.1) is 0 Å². The highest BCUT2D eigenvalue weighted by molar-refractivity contribution is 5.99. The molecular formula is C42H64N6O10. The van der Waals surface area contributed by atoms with Crippen molar-refractivity contribution in [3.8, 4) is 5.95 Å². The van der Waals surface area contributed by atoms with Gasteiger partial charge in [-0.3, -0.25) is 23.7 Å². The number of Topliss-reactive ketones (excluding diaryl/α,β-unsaturated/α-hetero) is 2. The maximum absolute atomic E-state index is 13.7. The molecule has 58 heavy (non-hydrogen) atoms. The van der Waals surface area contributed by atoms with Crippen LogP contribution >= 0.6 is 0 Å². The Morgan fingerprint density at radius 3 is 2.26 bits per heavy atom. The van der Waals surface area contributed by atoms with Crippen molar-refractivity contribution in [1.29, 1.82) is 0 Å². The van der Waals surface area contributed by atoms with Gasteiger partial charge in [-0.25, -0.2) is 19.7 Å². The number of ether oxygens (including phenoxy) is 4. The van der Waals surface area contributed by atoms with E-state index >= 15 is 0 Å². The number of hydrogen-bond donors (Lipinski definition) is 2. The fourth-order valence-corrected chi connectivity index (χ4v) is 7.86. The lowest BCUT2D eigenvalue weighted by Crippen LogP contribution is -2.47. The Bertz CT molecular complexity index is 1710. The number of amides is 1. The molecule has 3 saturated heterocycles. The van der Waals surface area contributed by atoms with Crippen LogP contribution in [0.5, 0.6) is 0 Å². The number of hydrogen-bond acceptors (Lipinski definition) is 14. The third-order valence-electron chi connectivity index (χ3n) is 10.9. The van der Waals surface area contributed by atoms with Gasteiger partial charge in [0.05, 0.1) is 18.2 Å². The van der Waals surface area contributed by atoms with E-state index in [-0.39, 0.29) is 50.1 Å². The number of esters is 2. The third kappa shape index (κ3) is 13.2. The summed E-state index contributed by atoms with van der Waals surface area (Å²) in [7, 11) is 4.07. The van der Waals surface area contributed by atoms with Crippen molar-refractivity contribution in [3.05, 3.63) is 42.8 Å². The van der Waals surface area contributed by atoms with Crippen molar-refractivity contribution in [2.24, 2.45) is 29.6 Å². The number of fused-ring (bicyclic) bond motifs is 1. The average molecular weight is 813 g/mol. The molecule has 16 heteroatoms. The molecule has 3 aliphatic rings. The van der Waals surface area contributed by atoms with E-state index in [9.17, 15) is 29.1 Å². The molecule has 10 atom stereocenters. The van der Waals surface area contributed by atoms with Crippen LogP contribution in [0.2, 0.25) is 0 Å². The number of carbonyl (C=O) groups excluding carboxylic acids is 5. The van der Waals surface area contributed by atoms with Crippen LogP contribution in [0, 0.1) is 29.6 Å². The molecule has 0 spiro atoms. The van der Waals surface area contributed by atoms with Crippen molar-refractivity contribution < 1.29 is 48.0 Å². The van der Waals surface area contributed by atoms with Crippen LogP contribution in [0.4, 0.5) is 4.79 Å². The number of imidazole rings is 1.